The van der Waals surface area contributed by atoms with Gasteiger partial charge < -0.3 is 14.6 Å². The van der Waals surface area contributed by atoms with Crippen molar-refractivity contribution in [1.29, 1.82) is 0 Å². The molecule has 0 amide bonds. The number of halogens is 1. The first-order chi connectivity index (χ1) is 9.54. The Morgan fingerprint density at radius 1 is 1.50 bits per heavy atom. The van der Waals surface area contributed by atoms with E-state index in [1.165, 1.54) is 11.3 Å². The lowest BCUT2D eigenvalue weighted by Gasteiger charge is -2.06. The van der Waals surface area contributed by atoms with Gasteiger partial charge in [0.25, 0.3) is 0 Å². The molecular formula is C14H13ClNO3S-. The van der Waals surface area contributed by atoms with Crippen LogP contribution in [0.2, 0.25) is 5.02 Å². The summed E-state index contributed by atoms with van der Waals surface area (Å²) in [5.74, 6) is -0.354. The Morgan fingerprint density at radius 3 is 3.00 bits per heavy atom. The molecule has 0 bridgehead atoms. The van der Waals surface area contributed by atoms with Gasteiger partial charge in [0, 0.05) is 29.2 Å². The Kier molecular flexibility index (Phi) is 4.98. The fraction of sp³-hybridized carbons (Fsp3) is 0.286. The maximum absolute atomic E-state index is 10.5. The van der Waals surface area contributed by atoms with E-state index in [2.05, 4.69) is 4.98 Å². The number of hydrogen-bond acceptors (Lipinski definition) is 5. The van der Waals surface area contributed by atoms with Crippen molar-refractivity contribution >= 4 is 28.9 Å². The van der Waals surface area contributed by atoms with Gasteiger partial charge in [0.05, 0.1) is 17.3 Å². The topological polar surface area (TPSA) is 62.2 Å². The van der Waals surface area contributed by atoms with Crippen molar-refractivity contribution in [2.45, 2.75) is 19.8 Å². The van der Waals surface area contributed by atoms with Crippen molar-refractivity contribution in [2.75, 3.05) is 6.61 Å². The summed E-state index contributed by atoms with van der Waals surface area (Å²) >= 11 is 7.37. The number of hydrogen-bond donors (Lipinski definition) is 0. The third kappa shape index (κ3) is 4.21. The van der Waals surface area contributed by atoms with Crippen molar-refractivity contribution in [3.05, 3.63) is 44.9 Å². The molecule has 0 N–H and O–H groups in total. The van der Waals surface area contributed by atoms with Crippen molar-refractivity contribution in [1.82, 2.24) is 4.98 Å². The highest BCUT2D eigenvalue weighted by Gasteiger charge is 2.04. The highest BCUT2D eigenvalue weighted by molar-refractivity contribution is 7.09. The predicted molar refractivity (Wildman–Crippen MR) is 76.2 cm³/mol. The van der Waals surface area contributed by atoms with Crippen molar-refractivity contribution in [3.8, 4) is 5.75 Å². The zero-order chi connectivity index (χ0) is 14.5. The molecule has 0 radical (unpaired) electrons. The fourth-order valence-corrected chi connectivity index (χ4v) is 2.55. The van der Waals surface area contributed by atoms with Crippen molar-refractivity contribution in [3.63, 3.8) is 0 Å². The first kappa shape index (κ1) is 14.8. The summed E-state index contributed by atoms with van der Waals surface area (Å²) in [6.45, 7) is 2.40. The van der Waals surface area contributed by atoms with Crippen LogP contribution in [0.3, 0.4) is 0 Å². The molecule has 20 heavy (non-hydrogen) atoms. The van der Waals surface area contributed by atoms with E-state index < -0.39 is 5.97 Å². The van der Waals surface area contributed by atoms with Crippen LogP contribution in [0.15, 0.2) is 23.6 Å². The van der Waals surface area contributed by atoms with E-state index >= 15 is 0 Å². The molecule has 1 aromatic heterocycles. The Morgan fingerprint density at radius 2 is 2.30 bits per heavy atom. The lowest BCUT2D eigenvalue weighted by atomic mass is 10.2. The lowest BCUT2D eigenvalue weighted by Crippen LogP contribution is -2.24. The minimum absolute atomic E-state index is 0.145. The minimum atomic E-state index is -1.12. The van der Waals surface area contributed by atoms with Crippen LogP contribution in [0.4, 0.5) is 0 Å². The molecule has 1 heterocycles. The SMILES string of the molecule is Cc1cc(OCCc2nc(CC(=O)[O-])cs2)ccc1Cl. The number of aromatic nitrogens is 1. The van der Waals surface area contributed by atoms with E-state index in [0.717, 1.165) is 16.3 Å². The lowest BCUT2D eigenvalue weighted by molar-refractivity contribution is -0.304. The molecule has 4 nitrogen and oxygen atoms in total. The fourth-order valence-electron chi connectivity index (χ4n) is 1.66. The van der Waals surface area contributed by atoms with Crippen LogP contribution in [-0.4, -0.2) is 17.6 Å². The van der Waals surface area contributed by atoms with Gasteiger partial charge in [0.15, 0.2) is 0 Å². The first-order valence-corrected chi connectivity index (χ1v) is 7.32. The van der Waals surface area contributed by atoms with Crippen LogP contribution < -0.4 is 9.84 Å². The van der Waals surface area contributed by atoms with Gasteiger partial charge in [-0.25, -0.2) is 4.98 Å². The van der Waals surface area contributed by atoms with Gasteiger partial charge in [0.1, 0.15) is 5.75 Å². The summed E-state index contributed by atoms with van der Waals surface area (Å²) in [5.41, 5.74) is 1.50. The highest BCUT2D eigenvalue weighted by Crippen LogP contribution is 2.21. The highest BCUT2D eigenvalue weighted by atomic mass is 35.5. The molecule has 0 aliphatic carbocycles. The molecule has 0 saturated carbocycles. The molecule has 0 saturated heterocycles. The van der Waals surface area contributed by atoms with Gasteiger partial charge in [-0.15, -0.1) is 11.3 Å². The molecular weight excluding hydrogens is 298 g/mol. The van der Waals surface area contributed by atoms with E-state index in [1.807, 2.05) is 19.1 Å². The summed E-state index contributed by atoms with van der Waals surface area (Å²) in [6.07, 6.45) is 0.493. The van der Waals surface area contributed by atoms with Crippen LogP contribution in [0.5, 0.6) is 5.75 Å². The zero-order valence-corrected chi connectivity index (χ0v) is 12.5. The number of benzene rings is 1. The number of nitrogens with zero attached hydrogens (tertiary/aromatic N) is 1. The number of carbonyl (C=O) groups excluding carboxylic acids is 1. The van der Waals surface area contributed by atoms with Crippen LogP contribution >= 0.6 is 22.9 Å². The summed E-state index contributed by atoms with van der Waals surface area (Å²) in [7, 11) is 0. The predicted octanol–water partition coefficient (Wildman–Crippen LogP) is 2.02. The third-order valence-corrected chi connectivity index (χ3v) is 4.02. The molecule has 2 rings (SSSR count). The first-order valence-electron chi connectivity index (χ1n) is 6.06. The van der Waals surface area contributed by atoms with E-state index in [-0.39, 0.29) is 6.42 Å². The third-order valence-electron chi connectivity index (χ3n) is 2.64. The number of thiazole rings is 1. The number of carboxylic acid groups (broad SMARTS) is 1. The van der Waals surface area contributed by atoms with Gasteiger partial charge in [0.2, 0.25) is 0 Å². The second-order valence-electron chi connectivity index (χ2n) is 4.29. The van der Waals surface area contributed by atoms with Crippen LogP contribution in [-0.2, 0) is 17.6 Å². The van der Waals surface area contributed by atoms with Gasteiger partial charge in [-0.2, -0.15) is 0 Å². The van der Waals surface area contributed by atoms with Crippen LogP contribution in [0.1, 0.15) is 16.3 Å². The second kappa shape index (κ2) is 6.72. The number of carbonyl (C=O) groups is 1. The summed E-state index contributed by atoms with van der Waals surface area (Å²) < 4.78 is 5.62. The Hall–Kier alpha value is -1.59. The molecule has 0 unspecified atom stereocenters. The largest absolute Gasteiger partial charge is 0.550 e. The summed E-state index contributed by atoms with van der Waals surface area (Å²) in [4.78, 5) is 14.7. The Labute approximate surface area is 126 Å². The van der Waals surface area contributed by atoms with Crippen molar-refractivity contribution < 1.29 is 14.6 Å². The Balaban J connectivity index is 1.84. The molecule has 0 aliphatic heterocycles. The van der Waals surface area contributed by atoms with Crippen molar-refractivity contribution in [2.24, 2.45) is 0 Å². The molecule has 2 aromatic rings. The molecule has 1 aromatic carbocycles. The molecule has 0 aliphatic rings. The van der Waals surface area contributed by atoms with Gasteiger partial charge >= 0.3 is 0 Å². The molecule has 0 spiro atoms. The molecule has 106 valence electrons. The zero-order valence-electron chi connectivity index (χ0n) is 10.9. The van der Waals surface area contributed by atoms with Gasteiger partial charge in [-0.1, -0.05) is 11.6 Å². The quantitative estimate of drug-likeness (QED) is 0.819. The number of carboxylic acids is 1. The monoisotopic (exact) mass is 310 g/mol. The van der Waals surface area contributed by atoms with E-state index in [0.29, 0.717) is 23.7 Å². The number of rotatable bonds is 6. The standard InChI is InChI=1S/C14H14ClNO3S/c1-9-6-11(2-3-12(9)15)19-5-4-13-16-10(8-20-13)7-14(17)18/h2-3,6,8H,4-5,7H2,1H3,(H,17,18)/p-1. The smallest absolute Gasteiger partial charge is 0.119 e. The molecule has 0 atom stereocenters. The molecule has 0 fully saturated rings. The van der Waals surface area contributed by atoms with Crippen LogP contribution in [0.25, 0.3) is 0 Å². The van der Waals surface area contributed by atoms with Crippen LogP contribution in [0, 0.1) is 6.92 Å². The summed E-state index contributed by atoms with van der Waals surface area (Å²) in [6, 6.07) is 5.50. The number of ether oxygens (including phenoxy) is 1. The van der Waals surface area contributed by atoms with E-state index in [4.69, 9.17) is 16.3 Å². The Bertz CT molecular complexity index is 612. The number of aryl methyl sites for hydroxylation is 1. The molecule has 6 heteroatoms. The van der Waals surface area contributed by atoms with Gasteiger partial charge in [-0.3, -0.25) is 0 Å². The average molecular weight is 311 g/mol. The normalized spacial score (nSPS) is 10.5. The second-order valence-corrected chi connectivity index (χ2v) is 5.64. The van der Waals surface area contributed by atoms with E-state index in [9.17, 15) is 9.90 Å². The van der Waals surface area contributed by atoms with E-state index in [1.54, 1.807) is 11.4 Å². The summed E-state index contributed by atoms with van der Waals surface area (Å²) in [5, 5.41) is 13.8. The van der Waals surface area contributed by atoms with Gasteiger partial charge in [-0.05, 0) is 30.7 Å². The maximum atomic E-state index is 10.5. The average Bonchev–Trinajstić information content (AvgIpc) is 2.80. The maximum Gasteiger partial charge on any atom is 0.119 e. The number of aliphatic carboxylic acids is 1. The minimum Gasteiger partial charge on any atom is -0.550 e.